The minimum absolute atomic E-state index is 0.00340. The zero-order chi connectivity index (χ0) is 24.5. The molecule has 0 aromatic carbocycles. The van der Waals surface area contributed by atoms with E-state index in [9.17, 15) is 24.0 Å². The van der Waals surface area contributed by atoms with E-state index in [4.69, 9.17) is 28.7 Å². The van der Waals surface area contributed by atoms with Crippen LogP contribution in [-0.2, 0) is 24.0 Å². The lowest BCUT2D eigenvalue weighted by atomic mass is 10.1. The number of nitrogens with two attached hydrogens (primary N) is 3. The second kappa shape index (κ2) is 16.9. The van der Waals surface area contributed by atoms with Gasteiger partial charge in [-0.2, -0.15) is 0 Å². The van der Waals surface area contributed by atoms with Gasteiger partial charge in [-0.05, 0) is 12.8 Å². The molecule has 0 saturated carbocycles. The highest BCUT2D eigenvalue weighted by Crippen LogP contribution is 2.03. The zero-order valence-electron chi connectivity index (χ0n) is 18.4. The third kappa shape index (κ3) is 14.3. The fourth-order valence-electron chi connectivity index (χ4n) is 2.66. The Hall–Kier alpha value is -2.77. The Kier molecular flexibility index (Phi) is 15.4. The second-order valence-corrected chi connectivity index (χ2v) is 7.39. The van der Waals surface area contributed by atoms with E-state index in [0.29, 0.717) is 51.6 Å². The van der Waals surface area contributed by atoms with E-state index in [1.807, 2.05) is 0 Å². The van der Waals surface area contributed by atoms with Crippen LogP contribution in [0, 0.1) is 0 Å². The van der Waals surface area contributed by atoms with Gasteiger partial charge in [0.05, 0.1) is 0 Å². The number of rotatable bonds is 18. The van der Waals surface area contributed by atoms with Crippen LogP contribution in [0.3, 0.4) is 0 Å². The van der Waals surface area contributed by atoms with Gasteiger partial charge in [-0.25, -0.2) is 0 Å². The highest BCUT2D eigenvalue weighted by Gasteiger charge is 2.19. The SMILES string of the molecule is [NH-]C(CCCCNC(=O)CN(CC(=O)NCCCCC([NH-])C(N)=O)C(=O)CCN)C(N)=O. The van der Waals surface area contributed by atoms with Crippen molar-refractivity contribution in [2.75, 3.05) is 32.7 Å². The minimum Gasteiger partial charge on any atom is -0.667 e. The van der Waals surface area contributed by atoms with E-state index < -0.39 is 41.6 Å². The number of hydrogen-bond donors (Lipinski definition) is 5. The van der Waals surface area contributed by atoms with Crippen molar-refractivity contribution in [3.05, 3.63) is 11.5 Å². The van der Waals surface area contributed by atoms with Gasteiger partial charge in [0.15, 0.2) is 11.8 Å². The van der Waals surface area contributed by atoms with Gasteiger partial charge in [-0.15, -0.1) is 0 Å². The average molecular weight is 457 g/mol. The Morgan fingerprint density at radius 3 is 1.50 bits per heavy atom. The summed E-state index contributed by atoms with van der Waals surface area (Å²) in [5.41, 5.74) is 30.3. The molecule has 184 valence electrons. The topological polar surface area (TPSA) is 238 Å². The van der Waals surface area contributed by atoms with E-state index in [-0.39, 0.29) is 26.1 Å². The summed E-state index contributed by atoms with van der Waals surface area (Å²) in [6, 6.07) is -1.93. The number of carbonyl (C=O) groups is 5. The van der Waals surface area contributed by atoms with Gasteiger partial charge in [0.1, 0.15) is 13.1 Å². The summed E-state index contributed by atoms with van der Waals surface area (Å²) < 4.78 is 0. The largest absolute Gasteiger partial charge is 0.667 e. The Labute approximate surface area is 188 Å². The fraction of sp³-hybridized carbons (Fsp3) is 0.737. The van der Waals surface area contributed by atoms with Crippen LogP contribution in [0.1, 0.15) is 44.9 Å². The third-order valence-corrected chi connectivity index (χ3v) is 4.55. The molecule has 0 bridgehead atoms. The lowest BCUT2D eigenvalue weighted by molar-refractivity contribution is -0.139. The fourth-order valence-corrected chi connectivity index (χ4v) is 2.66. The van der Waals surface area contributed by atoms with Crippen molar-refractivity contribution in [1.82, 2.24) is 15.5 Å². The molecule has 0 rings (SSSR count). The molecule has 13 heteroatoms. The Morgan fingerprint density at radius 2 is 1.16 bits per heavy atom. The highest BCUT2D eigenvalue weighted by molar-refractivity contribution is 5.89. The van der Waals surface area contributed by atoms with E-state index >= 15 is 0 Å². The summed E-state index contributed by atoms with van der Waals surface area (Å²) in [4.78, 5) is 59.2. The maximum absolute atomic E-state index is 12.2. The Balaban J connectivity index is 4.34. The van der Waals surface area contributed by atoms with E-state index in [2.05, 4.69) is 10.6 Å². The molecule has 5 amide bonds. The van der Waals surface area contributed by atoms with Gasteiger partial charge < -0.3 is 44.2 Å². The highest BCUT2D eigenvalue weighted by atomic mass is 16.2. The van der Waals surface area contributed by atoms with Crippen LogP contribution in [0.15, 0.2) is 0 Å². The van der Waals surface area contributed by atoms with Crippen molar-refractivity contribution >= 4 is 29.5 Å². The summed E-state index contributed by atoms with van der Waals surface area (Å²) in [7, 11) is 0. The summed E-state index contributed by atoms with van der Waals surface area (Å²) >= 11 is 0. The van der Waals surface area contributed by atoms with Crippen LogP contribution < -0.4 is 27.8 Å². The van der Waals surface area contributed by atoms with Crippen molar-refractivity contribution in [1.29, 1.82) is 0 Å². The number of nitrogens with zero attached hydrogens (tertiary/aromatic N) is 1. The zero-order valence-corrected chi connectivity index (χ0v) is 18.4. The summed E-state index contributed by atoms with van der Waals surface area (Å²) in [5.74, 6) is -2.67. The van der Waals surface area contributed by atoms with E-state index in [1.165, 1.54) is 0 Å². The number of amides is 5. The number of carbonyl (C=O) groups excluding carboxylic acids is 5. The first-order chi connectivity index (χ1) is 15.1. The molecule has 0 aromatic rings. The maximum atomic E-state index is 12.2. The number of hydrogen-bond acceptors (Lipinski definition) is 6. The monoisotopic (exact) mass is 456 g/mol. The number of nitrogens with one attached hydrogen (secondary N) is 4. The Bertz CT molecular complexity index is 587. The number of unbranched alkanes of at least 4 members (excludes halogenated alkanes) is 2. The average Bonchev–Trinajstić information content (AvgIpc) is 2.72. The van der Waals surface area contributed by atoms with Crippen LogP contribution in [0.2, 0.25) is 0 Å². The molecule has 0 spiro atoms. The standard InChI is InChI=1S/C19H36N8O5/c20-8-7-17(30)27(11-15(28)25-9-3-1-5-13(21)18(23)31)12-16(29)26-10-4-2-6-14(22)19(24)32/h13-14,21-22H,1-12,20H2,(H2,23,31)(H2,24,32)(H,25,28)(H,26,29)/q-2. The van der Waals surface area contributed by atoms with Gasteiger partial charge in [0, 0.05) is 26.1 Å². The molecule has 0 aliphatic rings. The van der Waals surface area contributed by atoms with Crippen molar-refractivity contribution in [2.45, 2.75) is 57.0 Å². The van der Waals surface area contributed by atoms with Gasteiger partial charge >= 0.3 is 0 Å². The second-order valence-electron chi connectivity index (χ2n) is 7.39. The smallest absolute Gasteiger partial charge is 0.239 e. The third-order valence-electron chi connectivity index (χ3n) is 4.55. The van der Waals surface area contributed by atoms with Gasteiger partial charge in [-0.3, -0.25) is 24.0 Å². The first-order valence-electron chi connectivity index (χ1n) is 10.6. The molecule has 0 aliphatic heterocycles. The van der Waals surface area contributed by atoms with Gasteiger partial charge in [0.25, 0.3) is 0 Å². The van der Waals surface area contributed by atoms with Crippen LogP contribution in [0.4, 0.5) is 0 Å². The van der Waals surface area contributed by atoms with Crippen molar-refractivity contribution in [3.63, 3.8) is 0 Å². The van der Waals surface area contributed by atoms with Crippen molar-refractivity contribution < 1.29 is 24.0 Å². The molecule has 0 saturated heterocycles. The van der Waals surface area contributed by atoms with Crippen molar-refractivity contribution in [3.8, 4) is 0 Å². The first-order valence-corrected chi connectivity index (χ1v) is 10.6. The molecule has 13 nitrogen and oxygen atoms in total. The van der Waals surface area contributed by atoms with Crippen LogP contribution >= 0.6 is 0 Å². The Morgan fingerprint density at radius 1 is 0.750 bits per heavy atom. The van der Waals surface area contributed by atoms with Gasteiger partial charge in [0.2, 0.25) is 17.7 Å². The molecule has 0 heterocycles. The molecular weight excluding hydrogens is 420 g/mol. The molecule has 2 atom stereocenters. The molecular formula is C19H36N8O5-2. The van der Waals surface area contributed by atoms with E-state index in [0.717, 1.165) is 4.90 Å². The molecule has 0 fully saturated rings. The quantitative estimate of drug-likeness (QED) is 0.154. The van der Waals surface area contributed by atoms with E-state index in [1.54, 1.807) is 0 Å². The number of primary amides is 2. The predicted octanol–water partition coefficient (Wildman–Crippen LogP) is -1.45. The molecule has 32 heavy (non-hydrogen) atoms. The minimum atomic E-state index is -0.967. The molecule has 0 aromatic heterocycles. The molecule has 2 unspecified atom stereocenters. The summed E-state index contributed by atoms with van der Waals surface area (Å²) in [5, 5.41) is 5.27. The van der Waals surface area contributed by atoms with Gasteiger partial charge in [-0.1, -0.05) is 37.8 Å². The van der Waals surface area contributed by atoms with Crippen LogP contribution in [0.5, 0.6) is 0 Å². The lowest BCUT2D eigenvalue weighted by Crippen LogP contribution is -2.46. The van der Waals surface area contributed by atoms with Crippen molar-refractivity contribution in [2.24, 2.45) is 17.2 Å². The first kappa shape index (κ1) is 29.2. The normalized spacial score (nSPS) is 12.5. The summed E-state index contributed by atoms with van der Waals surface area (Å²) in [6.45, 7) is 0.0951. The predicted molar refractivity (Wildman–Crippen MR) is 119 cm³/mol. The molecule has 10 N–H and O–H groups in total. The lowest BCUT2D eigenvalue weighted by Gasteiger charge is -2.22. The maximum Gasteiger partial charge on any atom is 0.239 e. The van der Waals surface area contributed by atoms with Crippen LogP contribution in [-0.4, -0.2) is 79.2 Å². The summed E-state index contributed by atoms with van der Waals surface area (Å²) in [6.07, 6.45) is 2.76. The van der Waals surface area contributed by atoms with Crippen LogP contribution in [0.25, 0.3) is 11.5 Å². The molecule has 0 aliphatic carbocycles. The molecule has 0 radical (unpaired) electrons.